The van der Waals surface area contributed by atoms with Gasteiger partial charge in [-0.1, -0.05) is 19.1 Å². The molecule has 1 aromatic rings. The van der Waals surface area contributed by atoms with Gasteiger partial charge in [-0.3, -0.25) is 9.58 Å². The minimum atomic E-state index is 0.415. The molecule has 1 atom stereocenters. The van der Waals surface area contributed by atoms with Crippen molar-refractivity contribution in [2.45, 2.75) is 26.8 Å². The smallest absolute Gasteiger partial charge is 0.0967 e. The van der Waals surface area contributed by atoms with E-state index in [0.717, 1.165) is 38.4 Å². The Morgan fingerprint density at radius 3 is 2.94 bits per heavy atom. The van der Waals surface area contributed by atoms with Crippen LogP contribution in [0.4, 0.5) is 0 Å². The molecule has 1 N–H and O–H groups in total. The fraction of sp³-hybridized carbons (Fsp3) is 0.833. The Bertz CT molecular complexity index is 354. The molecule has 1 fully saturated rings. The lowest BCUT2D eigenvalue weighted by molar-refractivity contribution is 0.176. The first kappa shape index (κ1) is 12.5. The molecule has 17 heavy (non-hydrogen) atoms. The topological polar surface area (TPSA) is 46.0 Å². The van der Waals surface area contributed by atoms with E-state index in [9.17, 15) is 0 Å². The number of rotatable bonds is 5. The van der Waals surface area contributed by atoms with E-state index in [-0.39, 0.29) is 0 Å². The molecule has 0 aliphatic carbocycles. The van der Waals surface area contributed by atoms with Gasteiger partial charge in [-0.15, -0.1) is 5.10 Å². The maximum absolute atomic E-state index is 4.16. The van der Waals surface area contributed by atoms with Gasteiger partial charge < -0.3 is 5.32 Å². The maximum Gasteiger partial charge on any atom is 0.0967 e. The van der Waals surface area contributed by atoms with E-state index >= 15 is 0 Å². The predicted molar refractivity (Wildman–Crippen MR) is 67.5 cm³/mol. The number of hydrogen-bond acceptors (Lipinski definition) is 4. The van der Waals surface area contributed by atoms with Crippen LogP contribution in [0.25, 0.3) is 0 Å². The molecule has 1 aliphatic rings. The molecule has 0 aromatic carbocycles. The Labute approximate surface area is 103 Å². The summed E-state index contributed by atoms with van der Waals surface area (Å²) in [7, 11) is 1.91. The van der Waals surface area contributed by atoms with Crippen molar-refractivity contribution in [1.29, 1.82) is 0 Å². The lowest BCUT2D eigenvalue weighted by Gasteiger charge is -2.30. The third-order valence-corrected chi connectivity index (χ3v) is 3.55. The molecule has 0 bridgehead atoms. The quantitative estimate of drug-likeness (QED) is 0.816. The van der Waals surface area contributed by atoms with Crippen LogP contribution in [0.2, 0.25) is 0 Å². The summed E-state index contributed by atoms with van der Waals surface area (Å²) in [5, 5.41) is 11.6. The minimum absolute atomic E-state index is 0.415. The molecule has 0 amide bonds. The van der Waals surface area contributed by atoms with Crippen molar-refractivity contribution >= 4 is 0 Å². The number of hydrogen-bond donors (Lipinski definition) is 1. The average molecular weight is 237 g/mol. The molecule has 1 unspecified atom stereocenters. The summed E-state index contributed by atoms with van der Waals surface area (Å²) in [6.07, 6.45) is 3.27. The van der Waals surface area contributed by atoms with Crippen molar-refractivity contribution in [2.75, 3.05) is 26.2 Å². The molecule has 5 nitrogen and oxygen atoms in total. The van der Waals surface area contributed by atoms with E-state index in [0.29, 0.717) is 5.41 Å². The third kappa shape index (κ3) is 3.26. The second-order valence-corrected chi connectivity index (χ2v) is 5.42. The molecule has 0 radical (unpaired) electrons. The van der Waals surface area contributed by atoms with Crippen molar-refractivity contribution < 1.29 is 0 Å². The Balaban J connectivity index is 1.92. The summed E-state index contributed by atoms with van der Waals surface area (Å²) in [5.74, 6) is 0. The summed E-state index contributed by atoms with van der Waals surface area (Å²) in [6.45, 7) is 9.96. The van der Waals surface area contributed by atoms with Crippen LogP contribution in [-0.4, -0.2) is 46.1 Å². The molecule has 96 valence electrons. The summed E-state index contributed by atoms with van der Waals surface area (Å²) >= 11 is 0. The molecule has 1 saturated heterocycles. The largest absolute Gasteiger partial charge is 0.316 e. The zero-order valence-electron chi connectivity index (χ0n) is 11.1. The van der Waals surface area contributed by atoms with Crippen molar-refractivity contribution in [2.24, 2.45) is 12.5 Å². The molecule has 5 heteroatoms. The summed E-state index contributed by atoms with van der Waals surface area (Å²) in [4.78, 5) is 2.46. The Morgan fingerprint density at radius 1 is 1.59 bits per heavy atom. The fourth-order valence-corrected chi connectivity index (χ4v) is 2.52. The highest BCUT2D eigenvalue weighted by Gasteiger charge is 2.30. The first-order valence-electron chi connectivity index (χ1n) is 6.39. The van der Waals surface area contributed by atoms with E-state index in [4.69, 9.17) is 0 Å². The van der Waals surface area contributed by atoms with Gasteiger partial charge >= 0.3 is 0 Å². The maximum atomic E-state index is 4.16. The molecular formula is C12H23N5. The second-order valence-electron chi connectivity index (χ2n) is 5.42. The van der Waals surface area contributed by atoms with E-state index in [1.165, 1.54) is 6.42 Å². The number of nitrogens with one attached hydrogen (secondary N) is 1. The highest BCUT2D eigenvalue weighted by Crippen LogP contribution is 2.26. The number of nitrogens with zero attached hydrogens (tertiary/aromatic N) is 4. The van der Waals surface area contributed by atoms with Crippen LogP contribution in [0, 0.1) is 5.41 Å². The van der Waals surface area contributed by atoms with Gasteiger partial charge in [-0.05, 0) is 24.9 Å². The molecule has 2 heterocycles. The van der Waals surface area contributed by atoms with Crippen molar-refractivity contribution in [3.05, 3.63) is 11.9 Å². The van der Waals surface area contributed by atoms with Crippen LogP contribution < -0.4 is 5.32 Å². The van der Waals surface area contributed by atoms with Gasteiger partial charge in [-0.25, -0.2) is 0 Å². The Hall–Kier alpha value is -0.940. The SMILES string of the molecule is CCN(Cc1cn(C)nn1)CC1(C)CCNC1. The van der Waals surface area contributed by atoms with Crippen LogP contribution in [0.15, 0.2) is 6.20 Å². The van der Waals surface area contributed by atoms with Crippen LogP contribution in [0.5, 0.6) is 0 Å². The molecule has 0 spiro atoms. The van der Waals surface area contributed by atoms with Crippen LogP contribution in [-0.2, 0) is 13.6 Å². The first-order chi connectivity index (χ1) is 8.11. The van der Waals surface area contributed by atoms with Crippen molar-refractivity contribution in [1.82, 2.24) is 25.2 Å². The van der Waals surface area contributed by atoms with Gasteiger partial charge in [0.2, 0.25) is 0 Å². The van der Waals surface area contributed by atoms with Gasteiger partial charge in [0.1, 0.15) is 0 Å². The van der Waals surface area contributed by atoms with Crippen LogP contribution in [0.1, 0.15) is 26.0 Å². The molecule has 2 rings (SSSR count). The van der Waals surface area contributed by atoms with Crippen molar-refractivity contribution in [3.63, 3.8) is 0 Å². The van der Waals surface area contributed by atoms with Gasteiger partial charge in [-0.2, -0.15) is 0 Å². The standard InChI is InChI=1S/C12H23N5/c1-4-17(8-11-7-16(3)15-14-11)10-12(2)5-6-13-9-12/h7,13H,4-6,8-10H2,1-3H3. The average Bonchev–Trinajstić information content (AvgIpc) is 2.87. The highest BCUT2D eigenvalue weighted by atomic mass is 15.4. The number of aryl methyl sites for hydroxylation is 1. The van der Waals surface area contributed by atoms with E-state index in [1.54, 1.807) is 4.68 Å². The van der Waals surface area contributed by atoms with E-state index in [2.05, 4.69) is 34.4 Å². The van der Waals surface area contributed by atoms with Crippen LogP contribution >= 0.6 is 0 Å². The highest BCUT2D eigenvalue weighted by molar-refractivity contribution is 4.93. The molecular weight excluding hydrogens is 214 g/mol. The number of aromatic nitrogens is 3. The zero-order chi connectivity index (χ0) is 12.3. The molecule has 0 saturated carbocycles. The lowest BCUT2D eigenvalue weighted by Crippen LogP contribution is -2.37. The predicted octanol–water partition coefficient (Wildman–Crippen LogP) is 0.637. The van der Waals surface area contributed by atoms with E-state index in [1.807, 2.05) is 13.2 Å². The normalized spacial score (nSPS) is 24.7. The zero-order valence-corrected chi connectivity index (χ0v) is 11.1. The van der Waals surface area contributed by atoms with Gasteiger partial charge in [0, 0.05) is 32.9 Å². The molecule has 1 aromatic heterocycles. The van der Waals surface area contributed by atoms with Gasteiger partial charge in [0.25, 0.3) is 0 Å². The summed E-state index contributed by atoms with van der Waals surface area (Å²) in [5.41, 5.74) is 1.47. The third-order valence-electron chi connectivity index (χ3n) is 3.55. The Morgan fingerprint density at radius 2 is 2.41 bits per heavy atom. The van der Waals surface area contributed by atoms with Gasteiger partial charge in [0.05, 0.1) is 5.69 Å². The summed E-state index contributed by atoms with van der Waals surface area (Å²) in [6, 6.07) is 0. The summed E-state index contributed by atoms with van der Waals surface area (Å²) < 4.78 is 1.77. The van der Waals surface area contributed by atoms with Gasteiger partial charge in [0.15, 0.2) is 0 Å². The molecule has 1 aliphatic heterocycles. The fourth-order valence-electron chi connectivity index (χ4n) is 2.52. The first-order valence-corrected chi connectivity index (χ1v) is 6.39. The lowest BCUT2D eigenvalue weighted by atomic mass is 9.89. The minimum Gasteiger partial charge on any atom is -0.316 e. The van der Waals surface area contributed by atoms with Crippen molar-refractivity contribution in [3.8, 4) is 0 Å². The van der Waals surface area contributed by atoms with E-state index < -0.39 is 0 Å². The second kappa shape index (κ2) is 5.14. The monoisotopic (exact) mass is 237 g/mol. The van der Waals surface area contributed by atoms with Crippen LogP contribution in [0.3, 0.4) is 0 Å². The Kier molecular flexibility index (Phi) is 3.79.